The zero-order valence-corrected chi connectivity index (χ0v) is 10.6. The van der Waals surface area contributed by atoms with Gasteiger partial charge in [-0.15, -0.1) is 0 Å². The maximum Gasteiger partial charge on any atom is 0.494 e. The van der Waals surface area contributed by atoms with E-state index in [0.717, 1.165) is 5.46 Å². The van der Waals surface area contributed by atoms with Crippen LogP contribution < -0.4 is 10.2 Å². The van der Waals surface area contributed by atoms with E-state index in [9.17, 15) is 0 Å². The van der Waals surface area contributed by atoms with Crippen LogP contribution in [-0.2, 0) is 9.31 Å². The zero-order valence-electron chi connectivity index (χ0n) is 13.6. The van der Waals surface area contributed by atoms with Crippen LogP contribution in [-0.4, -0.2) is 25.4 Å². The molecule has 4 heteroatoms. The molecule has 17 heavy (non-hydrogen) atoms. The van der Waals surface area contributed by atoms with Gasteiger partial charge in [-0.2, -0.15) is 0 Å². The molecule has 1 aromatic rings. The van der Waals surface area contributed by atoms with Gasteiger partial charge in [-0.05, 0) is 45.3 Å². The normalized spacial score (nSPS) is 24.9. The molecule has 0 N–H and O–H groups in total. The Morgan fingerprint density at radius 3 is 2.41 bits per heavy atom. The fraction of sp³-hybridized carbons (Fsp3) is 0.538. The van der Waals surface area contributed by atoms with Crippen molar-refractivity contribution in [2.75, 3.05) is 7.04 Å². The SMILES string of the molecule is [2H]C([2H])([2H])Oc1cccc(B2OC(C)(C)C(C)(C)O2)c1. The van der Waals surface area contributed by atoms with Crippen LogP contribution in [0.4, 0.5) is 0 Å². The standard InChI is InChI=1S/C13H19BO3/c1-12(2)13(3,4)17-14(16-12)10-7-6-8-11(9-10)15-5/h6-9H,1-5H3/i5D3. The molecule has 1 aliphatic rings. The third-order valence-corrected chi connectivity index (χ3v) is 3.50. The summed E-state index contributed by atoms with van der Waals surface area (Å²) in [6.07, 6.45) is 0. The van der Waals surface area contributed by atoms with Crippen LogP contribution in [0.1, 0.15) is 31.8 Å². The molecular weight excluding hydrogens is 215 g/mol. The van der Waals surface area contributed by atoms with Crippen molar-refractivity contribution in [2.45, 2.75) is 38.9 Å². The van der Waals surface area contributed by atoms with Crippen molar-refractivity contribution in [1.29, 1.82) is 0 Å². The molecule has 1 aromatic carbocycles. The largest absolute Gasteiger partial charge is 0.497 e. The first kappa shape index (κ1) is 9.00. The Hall–Kier alpha value is -0.995. The Bertz CT molecular complexity index is 484. The summed E-state index contributed by atoms with van der Waals surface area (Å²) in [6, 6.07) is 6.78. The van der Waals surface area contributed by atoms with Crippen LogP contribution in [0.15, 0.2) is 24.3 Å². The fourth-order valence-electron chi connectivity index (χ4n) is 1.70. The highest BCUT2D eigenvalue weighted by Gasteiger charge is 2.51. The quantitative estimate of drug-likeness (QED) is 0.736. The van der Waals surface area contributed by atoms with E-state index in [1.54, 1.807) is 18.2 Å². The molecule has 0 aromatic heterocycles. The molecule has 0 spiro atoms. The maximum absolute atomic E-state index is 7.12. The Kier molecular flexibility index (Phi) is 2.14. The minimum Gasteiger partial charge on any atom is -0.497 e. The number of ether oxygens (including phenoxy) is 1. The van der Waals surface area contributed by atoms with E-state index in [4.69, 9.17) is 18.2 Å². The van der Waals surface area contributed by atoms with E-state index in [1.165, 1.54) is 0 Å². The number of benzene rings is 1. The van der Waals surface area contributed by atoms with Crippen molar-refractivity contribution in [3.63, 3.8) is 0 Å². The third-order valence-electron chi connectivity index (χ3n) is 3.50. The van der Waals surface area contributed by atoms with Crippen LogP contribution in [0.25, 0.3) is 0 Å². The predicted octanol–water partition coefficient (Wildman–Crippen LogP) is 1.99. The number of hydrogen-bond acceptors (Lipinski definition) is 3. The third kappa shape index (κ3) is 2.19. The topological polar surface area (TPSA) is 27.7 Å². The van der Waals surface area contributed by atoms with Crippen molar-refractivity contribution in [3.05, 3.63) is 24.3 Å². The lowest BCUT2D eigenvalue weighted by atomic mass is 9.79. The van der Waals surface area contributed by atoms with Crippen molar-refractivity contribution in [2.24, 2.45) is 0 Å². The van der Waals surface area contributed by atoms with Gasteiger partial charge in [0.25, 0.3) is 0 Å². The molecule has 0 amide bonds. The van der Waals surface area contributed by atoms with Gasteiger partial charge in [0.1, 0.15) is 5.75 Å². The monoisotopic (exact) mass is 237 g/mol. The minimum absolute atomic E-state index is 0.275. The molecule has 0 unspecified atom stereocenters. The van der Waals surface area contributed by atoms with Crippen LogP contribution in [0, 0.1) is 0 Å². The summed E-state index contributed by atoms with van der Waals surface area (Å²) in [4.78, 5) is 0. The summed E-state index contributed by atoms with van der Waals surface area (Å²) >= 11 is 0. The minimum atomic E-state index is -2.46. The molecule has 1 saturated heterocycles. The van der Waals surface area contributed by atoms with E-state index in [2.05, 4.69) is 0 Å². The average molecular weight is 237 g/mol. The lowest BCUT2D eigenvalue weighted by Crippen LogP contribution is -2.41. The van der Waals surface area contributed by atoms with Gasteiger partial charge in [0, 0.05) is 0 Å². The molecular formula is C13H19BO3. The highest BCUT2D eigenvalue weighted by Crippen LogP contribution is 2.36. The summed E-state index contributed by atoms with van der Waals surface area (Å²) in [7, 11) is -2.99. The molecule has 1 heterocycles. The van der Waals surface area contributed by atoms with E-state index < -0.39 is 25.4 Å². The summed E-state index contributed by atoms with van der Waals surface area (Å²) < 4.78 is 38.1. The fourth-order valence-corrected chi connectivity index (χ4v) is 1.70. The average Bonchev–Trinajstić information content (AvgIpc) is 2.46. The molecule has 0 radical (unpaired) electrons. The van der Waals surface area contributed by atoms with Crippen LogP contribution >= 0.6 is 0 Å². The van der Waals surface area contributed by atoms with Gasteiger partial charge in [-0.25, -0.2) is 0 Å². The Morgan fingerprint density at radius 1 is 1.18 bits per heavy atom. The summed E-state index contributed by atoms with van der Waals surface area (Å²) in [6.45, 7) is 7.87. The van der Waals surface area contributed by atoms with Gasteiger partial charge >= 0.3 is 7.12 Å². The van der Waals surface area contributed by atoms with Crippen molar-refractivity contribution in [3.8, 4) is 5.75 Å². The van der Waals surface area contributed by atoms with Crippen LogP contribution in [0.5, 0.6) is 5.75 Å². The van der Waals surface area contributed by atoms with Gasteiger partial charge in [-0.1, -0.05) is 12.1 Å². The first-order valence-corrected chi connectivity index (χ1v) is 5.65. The van der Waals surface area contributed by atoms with Gasteiger partial charge in [0.15, 0.2) is 0 Å². The van der Waals surface area contributed by atoms with Gasteiger partial charge < -0.3 is 14.0 Å². The van der Waals surface area contributed by atoms with Crippen molar-refractivity contribution >= 4 is 12.6 Å². The molecule has 1 fully saturated rings. The highest BCUT2D eigenvalue weighted by molar-refractivity contribution is 6.62. The number of hydrogen-bond donors (Lipinski definition) is 0. The Labute approximate surface area is 107 Å². The van der Waals surface area contributed by atoms with E-state index in [0.29, 0.717) is 0 Å². The smallest absolute Gasteiger partial charge is 0.494 e. The highest BCUT2D eigenvalue weighted by atomic mass is 16.7. The van der Waals surface area contributed by atoms with Gasteiger partial charge in [-0.3, -0.25) is 0 Å². The zero-order chi connectivity index (χ0) is 15.2. The van der Waals surface area contributed by atoms with Crippen LogP contribution in [0.2, 0.25) is 0 Å². The summed E-state index contributed by atoms with van der Waals surface area (Å²) in [5.74, 6) is 0.275. The predicted molar refractivity (Wildman–Crippen MR) is 68.7 cm³/mol. The summed E-state index contributed by atoms with van der Waals surface area (Å²) in [5.41, 5.74) is -0.123. The second kappa shape index (κ2) is 4.04. The first-order valence-electron chi connectivity index (χ1n) is 7.15. The number of methoxy groups -OCH3 is 1. The first-order chi connectivity index (χ1) is 9.00. The van der Waals surface area contributed by atoms with E-state index >= 15 is 0 Å². The molecule has 2 rings (SSSR count). The summed E-state index contributed by atoms with van der Waals surface area (Å²) in [5, 5.41) is 0. The van der Waals surface area contributed by atoms with Gasteiger partial charge in [0.2, 0.25) is 0 Å². The van der Waals surface area contributed by atoms with Crippen molar-refractivity contribution < 1.29 is 18.2 Å². The second-order valence-corrected chi connectivity index (χ2v) is 5.26. The maximum atomic E-state index is 7.12. The van der Waals surface area contributed by atoms with Crippen LogP contribution in [0.3, 0.4) is 0 Å². The molecule has 0 atom stereocenters. The van der Waals surface area contributed by atoms with E-state index in [-0.39, 0.29) is 5.75 Å². The molecule has 0 aliphatic carbocycles. The molecule has 1 aliphatic heterocycles. The lowest BCUT2D eigenvalue weighted by Gasteiger charge is -2.32. The molecule has 3 nitrogen and oxygen atoms in total. The second-order valence-electron chi connectivity index (χ2n) is 5.26. The molecule has 92 valence electrons. The Balaban J connectivity index is 2.21. The molecule has 0 saturated carbocycles. The number of rotatable bonds is 2. The van der Waals surface area contributed by atoms with E-state index in [1.807, 2.05) is 33.8 Å². The molecule has 0 bridgehead atoms. The Morgan fingerprint density at radius 2 is 1.82 bits per heavy atom. The van der Waals surface area contributed by atoms with Gasteiger partial charge in [0.05, 0.1) is 22.4 Å². The van der Waals surface area contributed by atoms with Crippen molar-refractivity contribution in [1.82, 2.24) is 0 Å². The lowest BCUT2D eigenvalue weighted by molar-refractivity contribution is 0.00578.